The molecule has 7 nitrogen and oxygen atoms in total. The third-order valence-electron chi connectivity index (χ3n) is 6.20. The van der Waals surface area contributed by atoms with Gasteiger partial charge in [-0.2, -0.15) is 0 Å². The summed E-state index contributed by atoms with van der Waals surface area (Å²) in [6, 6.07) is 23.7. The van der Waals surface area contributed by atoms with Crippen LogP contribution in [0, 0.1) is 12.8 Å². The van der Waals surface area contributed by atoms with Crippen molar-refractivity contribution in [2.24, 2.45) is 5.92 Å². The first-order valence-corrected chi connectivity index (χ1v) is 14.3. The van der Waals surface area contributed by atoms with Gasteiger partial charge in [0, 0.05) is 13.1 Å². The first-order chi connectivity index (χ1) is 18.1. The number of anilines is 1. The second-order valence-electron chi connectivity index (χ2n) is 9.73. The molecule has 3 aromatic rings. The van der Waals surface area contributed by atoms with Gasteiger partial charge in [-0.3, -0.25) is 13.9 Å². The molecule has 1 atom stereocenters. The molecule has 0 spiro atoms. The number of aryl methyl sites for hydroxylation is 1. The molecular weight excluding hydrogens is 498 g/mol. The van der Waals surface area contributed by atoms with Gasteiger partial charge in [0.15, 0.2) is 0 Å². The van der Waals surface area contributed by atoms with Crippen molar-refractivity contribution in [3.05, 3.63) is 96.1 Å². The Morgan fingerprint density at radius 3 is 2.00 bits per heavy atom. The van der Waals surface area contributed by atoms with E-state index in [0.717, 1.165) is 15.4 Å². The number of nitrogens with zero attached hydrogens (tertiary/aromatic N) is 2. The van der Waals surface area contributed by atoms with Gasteiger partial charge in [0.1, 0.15) is 12.6 Å². The van der Waals surface area contributed by atoms with Crippen LogP contribution in [-0.2, 0) is 26.2 Å². The number of rotatable bonds is 12. The molecule has 0 heterocycles. The third-order valence-corrected chi connectivity index (χ3v) is 7.99. The van der Waals surface area contributed by atoms with Crippen LogP contribution in [0.1, 0.15) is 38.3 Å². The summed E-state index contributed by atoms with van der Waals surface area (Å²) in [5, 5.41) is 2.94. The molecule has 1 N–H and O–H groups in total. The molecule has 202 valence electrons. The number of carbonyl (C=O) groups excluding carboxylic acids is 2. The van der Waals surface area contributed by atoms with Crippen LogP contribution in [0.2, 0.25) is 0 Å². The lowest BCUT2D eigenvalue weighted by Gasteiger charge is -2.33. The maximum atomic E-state index is 14.0. The van der Waals surface area contributed by atoms with E-state index in [1.807, 2.05) is 70.2 Å². The minimum absolute atomic E-state index is 0.0877. The maximum absolute atomic E-state index is 14.0. The van der Waals surface area contributed by atoms with Crippen molar-refractivity contribution >= 4 is 27.5 Å². The predicted molar refractivity (Wildman–Crippen MR) is 151 cm³/mol. The second-order valence-corrected chi connectivity index (χ2v) is 11.6. The van der Waals surface area contributed by atoms with Crippen LogP contribution in [0.3, 0.4) is 0 Å². The van der Waals surface area contributed by atoms with E-state index in [4.69, 9.17) is 0 Å². The summed E-state index contributed by atoms with van der Waals surface area (Å²) < 4.78 is 28.6. The largest absolute Gasteiger partial charge is 0.354 e. The molecule has 0 aromatic heterocycles. The van der Waals surface area contributed by atoms with E-state index in [9.17, 15) is 18.0 Å². The summed E-state index contributed by atoms with van der Waals surface area (Å²) in [6.45, 7) is 7.99. The van der Waals surface area contributed by atoms with Crippen molar-refractivity contribution in [2.75, 3.05) is 17.4 Å². The predicted octanol–water partition coefficient (Wildman–Crippen LogP) is 4.77. The fraction of sp³-hybridized carbons (Fsp3) is 0.333. The molecule has 0 aliphatic rings. The number of benzene rings is 3. The number of sulfonamides is 1. The fourth-order valence-corrected chi connectivity index (χ4v) is 5.52. The third kappa shape index (κ3) is 7.44. The highest BCUT2D eigenvalue weighted by Crippen LogP contribution is 2.25. The Morgan fingerprint density at radius 2 is 1.45 bits per heavy atom. The summed E-state index contributed by atoms with van der Waals surface area (Å²) in [4.78, 5) is 28.7. The highest BCUT2D eigenvalue weighted by atomic mass is 32.2. The minimum Gasteiger partial charge on any atom is -0.354 e. The van der Waals surface area contributed by atoms with Gasteiger partial charge >= 0.3 is 0 Å². The summed E-state index contributed by atoms with van der Waals surface area (Å²) in [6.07, 6.45) is 0.387. The molecule has 0 saturated heterocycles. The van der Waals surface area contributed by atoms with Gasteiger partial charge in [0.25, 0.3) is 10.0 Å². The zero-order chi connectivity index (χ0) is 27.7. The smallest absolute Gasteiger partial charge is 0.264 e. The standard InChI is InChI=1S/C30H37N3O4S/c1-5-28(30(35)31-20-23(2)3)32(21-25-12-8-6-9-13-25)29(34)22-33(26-18-16-24(4)17-19-26)38(36,37)27-14-10-7-11-15-27/h6-19,23,28H,5,20-22H2,1-4H3,(H,31,35)/t28-/m0/s1. The Kier molecular flexibility index (Phi) is 10.1. The lowest BCUT2D eigenvalue weighted by molar-refractivity contribution is -0.140. The summed E-state index contributed by atoms with van der Waals surface area (Å²) in [5.41, 5.74) is 2.20. The maximum Gasteiger partial charge on any atom is 0.264 e. The molecule has 8 heteroatoms. The van der Waals surface area contributed by atoms with E-state index in [1.165, 1.54) is 17.0 Å². The number of carbonyl (C=O) groups is 2. The van der Waals surface area contributed by atoms with E-state index in [2.05, 4.69) is 5.32 Å². The highest BCUT2D eigenvalue weighted by Gasteiger charge is 2.33. The van der Waals surface area contributed by atoms with Crippen LogP contribution in [0.4, 0.5) is 5.69 Å². The summed E-state index contributed by atoms with van der Waals surface area (Å²) in [5.74, 6) is -0.457. The summed E-state index contributed by atoms with van der Waals surface area (Å²) in [7, 11) is -4.06. The Bertz CT molecular complexity index is 1290. The van der Waals surface area contributed by atoms with E-state index in [-0.39, 0.29) is 23.3 Å². The SMILES string of the molecule is CC[C@@H](C(=O)NCC(C)C)N(Cc1ccccc1)C(=O)CN(c1ccc(C)cc1)S(=O)(=O)c1ccccc1. The van der Waals surface area contributed by atoms with E-state index in [1.54, 1.807) is 30.3 Å². The quantitative estimate of drug-likeness (QED) is 0.362. The Hall–Kier alpha value is -3.65. The number of hydrogen-bond acceptors (Lipinski definition) is 4. The molecule has 38 heavy (non-hydrogen) atoms. The molecule has 3 rings (SSSR count). The van der Waals surface area contributed by atoms with Gasteiger partial charge in [-0.25, -0.2) is 8.42 Å². The van der Waals surface area contributed by atoms with Crippen LogP contribution >= 0.6 is 0 Å². The van der Waals surface area contributed by atoms with E-state index < -0.39 is 28.5 Å². The average molecular weight is 536 g/mol. The lowest BCUT2D eigenvalue weighted by atomic mass is 10.1. The lowest BCUT2D eigenvalue weighted by Crippen LogP contribution is -2.52. The summed E-state index contributed by atoms with van der Waals surface area (Å²) >= 11 is 0. The molecular formula is C30H37N3O4S. The normalized spacial score (nSPS) is 12.1. The molecule has 0 aliphatic heterocycles. The van der Waals surface area contributed by atoms with E-state index >= 15 is 0 Å². The van der Waals surface area contributed by atoms with Crippen molar-refractivity contribution in [1.29, 1.82) is 0 Å². The molecule has 0 aliphatic carbocycles. The fourth-order valence-electron chi connectivity index (χ4n) is 4.08. The zero-order valence-corrected chi connectivity index (χ0v) is 23.3. The molecule has 0 bridgehead atoms. The van der Waals surface area contributed by atoms with Gasteiger partial charge in [0.2, 0.25) is 11.8 Å². The highest BCUT2D eigenvalue weighted by molar-refractivity contribution is 7.92. The first kappa shape index (κ1) is 28.9. The first-order valence-electron chi connectivity index (χ1n) is 12.9. The average Bonchev–Trinajstić information content (AvgIpc) is 2.92. The van der Waals surface area contributed by atoms with Crippen LogP contribution in [0.15, 0.2) is 89.8 Å². The van der Waals surface area contributed by atoms with Gasteiger partial charge in [-0.15, -0.1) is 0 Å². The molecule has 0 fully saturated rings. The van der Waals surface area contributed by atoms with Crippen molar-refractivity contribution in [1.82, 2.24) is 10.2 Å². The second kappa shape index (κ2) is 13.2. The number of amides is 2. The van der Waals surface area contributed by atoms with Gasteiger partial charge < -0.3 is 10.2 Å². The molecule has 0 radical (unpaired) electrons. The van der Waals surface area contributed by atoms with Crippen molar-refractivity contribution in [3.63, 3.8) is 0 Å². The zero-order valence-electron chi connectivity index (χ0n) is 22.5. The molecule has 2 amide bonds. The Labute approximate surface area is 226 Å². The molecule has 0 unspecified atom stereocenters. The number of nitrogens with one attached hydrogen (secondary N) is 1. The molecule has 0 saturated carbocycles. The van der Waals surface area contributed by atoms with Crippen molar-refractivity contribution in [3.8, 4) is 0 Å². The molecule has 3 aromatic carbocycles. The van der Waals surface area contributed by atoms with Crippen LogP contribution in [0.25, 0.3) is 0 Å². The minimum atomic E-state index is -4.06. The van der Waals surface area contributed by atoms with Crippen molar-refractivity contribution < 1.29 is 18.0 Å². The number of hydrogen-bond donors (Lipinski definition) is 1. The van der Waals surface area contributed by atoms with Crippen LogP contribution < -0.4 is 9.62 Å². The van der Waals surface area contributed by atoms with Gasteiger partial charge in [0.05, 0.1) is 10.6 Å². The van der Waals surface area contributed by atoms with Gasteiger partial charge in [-0.05, 0) is 49.1 Å². The van der Waals surface area contributed by atoms with E-state index in [0.29, 0.717) is 18.7 Å². The van der Waals surface area contributed by atoms with Crippen LogP contribution in [-0.4, -0.2) is 44.3 Å². The topological polar surface area (TPSA) is 86.8 Å². The van der Waals surface area contributed by atoms with Gasteiger partial charge in [-0.1, -0.05) is 87.0 Å². The van der Waals surface area contributed by atoms with Crippen LogP contribution in [0.5, 0.6) is 0 Å². The monoisotopic (exact) mass is 535 g/mol. The Balaban J connectivity index is 2.01. The van der Waals surface area contributed by atoms with Crippen molar-refractivity contribution in [2.45, 2.75) is 51.6 Å². The Morgan fingerprint density at radius 1 is 0.868 bits per heavy atom.